The van der Waals surface area contributed by atoms with Crippen molar-refractivity contribution in [3.05, 3.63) is 12.0 Å². The largest absolute Gasteiger partial charge is 0.341 e. The second kappa shape index (κ2) is 8.76. The number of rotatable bonds is 6. The van der Waals surface area contributed by atoms with Crippen LogP contribution in [0.15, 0.2) is 12.0 Å². The highest BCUT2D eigenvalue weighted by molar-refractivity contribution is 7.95. The van der Waals surface area contributed by atoms with Crippen LogP contribution in [-0.4, -0.2) is 68.4 Å². The van der Waals surface area contributed by atoms with E-state index in [2.05, 4.69) is 26.1 Å². The van der Waals surface area contributed by atoms with Gasteiger partial charge in [-0.15, -0.1) is 11.6 Å². The lowest BCUT2D eigenvalue weighted by atomic mass is 9.86. The van der Waals surface area contributed by atoms with Gasteiger partial charge in [-0.1, -0.05) is 6.58 Å². The maximum absolute atomic E-state index is 12.5. The maximum atomic E-state index is 12.5. The van der Waals surface area contributed by atoms with E-state index in [-0.39, 0.29) is 42.0 Å². The van der Waals surface area contributed by atoms with Gasteiger partial charge >= 0.3 is 0 Å². The summed E-state index contributed by atoms with van der Waals surface area (Å²) in [6.07, 6.45) is 3.08. The van der Waals surface area contributed by atoms with E-state index in [0.29, 0.717) is 25.9 Å². The zero-order valence-corrected chi connectivity index (χ0v) is 16.9. The minimum Gasteiger partial charge on any atom is -0.341 e. The molecule has 3 rings (SSSR count). The number of fused-ring (bicyclic) bond motifs is 1. The minimum absolute atomic E-state index is 0.0539. The number of nitrogens with zero attached hydrogens (tertiary/aromatic N) is 1. The zero-order valence-electron chi connectivity index (χ0n) is 14.5. The van der Waals surface area contributed by atoms with Crippen LogP contribution in [-0.2, 0) is 14.8 Å². The molecule has 2 aliphatic heterocycles. The van der Waals surface area contributed by atoms with Crippen LogP contribution >= 0.6 is 23.7 Å². The minimum atomic E-state index is -3.42. The Balaban J connectivity index is 1.43. The summed E-state index contributed by atoms with van der Waals surface area (Å²) in [5.41, 5.74) is 0. The number of halogens is 1. The van der Waals surface area contributed by atoms with Gasteiger partial charge in [-0.2, -0.15) is 0 Å². The third-order valence-corrected chi connectivity index (χ3v) is 7.64. The van der Waals surface area contributed by atoms with Gasteiger partial charge in [0.05, 0.1) is 24.0 Å². The fourth-order valence-corrected chi connectivity index (χ4v) is 5.91. The van der Waals surface area contributed by atoms with Crippen molar-refractivity contribution in [2.24, 2.45) is 0 Å². The molecule has 4 unspecified atom stereocenters. The highest BCUT2D eigenvalue weighted by atomic mass is 35.5. The Kier molecular flexibility index (Phi) is 6.87. The van der Waals surface area contributed by atoms with Crippen LogP contribution in [0.5, 0.6) is 0 Å². The fourth-order valence-electron chi connectivity index (χ4n) is 3.73. The van der Waals surface area contributed by atoms with E-state index in [1.165, 1.54) is 12.1 Å². The van der Waals surface area contributed by atoms with Gasteiger partial charge in [-0.05, 0) is 25.7 Å². The fraction of sp³-hybridized carbons (Fsp3) is 0.800. The molecule has 11 heteroatoms. The van der Waals surface area contributed by atoms with Crippen molar-refractivity contribution in [1.82, 2.24) is 24.4 Å². The van der Waals surface area contributed by atoms with E-state index in [1.54, 1.807) is 4.90 Å². The molecule has 1 saturated carbocycles. The first kappa shape index (κ1) is 20.4. The summed E-state index contributed by atoms with van der Waals surface area (Å²) in [6.45, 7) is 4.70. The van der Waals surface area contributed by atoms with Crippen LogP contribution in [0.1, 0.15) is 25.7 Å². The van der Waals surface area contributed by atoms with E-state index in [0.717, 1.165) is 18.2 Å². The molecule has 0 spiro atoms. The quantitative estimate of drug-likeness (QED) is 0.349. The normalized spacial score (nSPS) is 33.0. The summed E-state index contributed by atoms with van der Waals surface area (Å²) in [5.74, 6) is 0.0539. The number of hydrogen-bond acceptors (Lipinski definition) is 7. The first-order chi connectivity index (χ1) is 12.4. The van der Waals surface area contributed by atoms with Crippen molar-refractivity contribution in [3.8, 4) is 0 Å². The Morgan fingerprint density at radius 3 is 2.62 bits per heavy atom. The number of carbonyl (C=O) groups excluding carboxylic acids is 1. The van der Waals surface area contributed by atoms with Crippen LogP contribution in [0, 0.1) is 0 Å². The summed E-state index contributed by atoms with van der Waals surface area (Å²) >= 11 is 7.84. The summed E-state index contributed by atoms with van der Waals surface area (Å²) in [6, 6.07) is 0.485. The lowest BCUT2D eigenvalue weighted by Gasteiger charge is -2.37. The molecule has 2 saturated heterocycles. The van der Waals surface area contributed by atoms with Crippen molar-refractivity contribution >= 4 is 39.7 Å². The average Bonchev–Trinajstić information content (AvgIpc) is 3.12. The lowest BCUT2D eigenvalue weighted by molar-refractivity contribution is -0.131. The molecule has 4 atom stereocenters. The summed E-state index contributed by atoms with van der Waals surface area (Å²) in [4.78, 5) is 14.3. The van der Waals surface area contributed by atoms with E-state index >= 15 is 0 Å². The van der Waals surface area contributed by atoms with E-state index in [4.69, 9.17) is 11.6 Å². The smallest absolute Gasteiger partial charge is 0.236 e. The number of carbonyl (C=O) groups is 1. The predicted octanol–water partition coefficient (Wildman–Crippen LogP) is -0.107. The first-order valence-corrected chi connectivity index (χ1v) is 11.7. The number of likely N-dealkylation sites (tertiary alicyclic amines) is 1. The Morgan fingerprint density at radius 1 is 1.23 bits per heavy atom. The number of nitrogens with one attached hydrogen (secondary N) is 4. The van der Waals surface area contributed by atoms with Crippen molar-refractivity contribution in [2.45, 2.75) is 55.2 Å². The van der Waals surface area contributed by atoms with Gasteiger partial charge in [0, 0.05) is 42.7 Å². The molecule has 3 fully saturated rings. The van der Waals surface area contributed by atoms with Crippen LogP contribution < -0.4 is 19.5 Å². The lowest BCUT2D eigenvalue weighted by Crippen LogP contribution is -2.58. The van der Waals surface area contributed by atoms with Gasteiger partial charge < -0.3 is 10.2 Å². The molecule has 0 aromatic carbocycles. The molecule has 3 aliphatic rings. The SMILES string of the molecule is C=CS(=O)(=O)NC1CCN(C(=O)CNC2CCC(Cl)C3NSNC23)CC1. The number of amides is 1. The Labute approximate surface area is 164 Å². The molecule has 8 nitrogen and oxygen atoms in total. The molecule has 2 heterocycles. The molecule has 0 radical (unpaired) electrons. The van der Waals surface area contributed by atoms with E-state index < -0.39 is 10.0 Å². The monoisotopic (exact) mass is 423 g/mol. The molecule has 4 N–H and O–H groups in total. The first-order valence-electron chi connectivity index (χ1n) is 8.86. The summed E-state index contributed by atoms with van der Waals surface area (Å²) in [5, 5.41) is 4.40. The molecule has 0 aromatic rings. The standard InChI is InChI=1S/C15H26ClN5O3S2/c1-2-26(23,24)20-10-5-7-21(8-6-10)13(22)9-17-12-4-3-11(16)14-15(12)19-25-18-14/h2,10-12,14-15,17-20H,1,3-9H2. The van der Waals surface area contributed by atoms with Crippen LogP contribution in [0.4, 0.5) is 0 Å². The Morgan fingerprint density at radius 2 is 1.92 bits per heavy atom. The van der Waals surface area contributed by atoms with E-state index in [9.17, 15) is 13.2 Å². The molecule has 148 valence electrons. The summed E-state index contributed by atoms with van der Waals surface area (Å²) < 4.78 is 32.3. The third-order valence-electron chi connectivity index (χ3n) is 5.27. The number of piperidine rings is 1. The average molecular weight is 424 g/mol. The Hall–Kier alpha value is -0.360. The van der Waals surface area contributed by atoms with Crippen molar-refractivity contribution in [3.63, 3.8) is 0 Å². The molecular formula is C15H26ClN5O3S2. The highest BCUT2D eigenvalue weighted by Gasteiger charge is 2.42. The predicted molar refractivity (Wildman–Crippen MR) is 104 cm³/mol. The maximum Gasteiger partial charge on any atom is 0.236 e. The number of sulfonamides is 1. The second-order valence-corrected chi connectivity index (χ2v) is 9.85. The van der Waals surface area contributed by atoms with Crippen molar-refractivity contribution in [2.75, 3.05) is 19.6 Å². The highest BCUT2D eigenvalue weighted by Crippen LogP contribution is 2.29. The molecule has 1 amide bonds. The molecule has 0 bridgehead atoms. The van der Waals surface area contributed by atoms with Crippen LogP contribution in [0.3, 0.4) is 0 Å². The van der Waals surface area contributed by atoms with Crippen LogP contribution in [0.2, 0.25) is 0 Å². The van der Waals surface area contributed by atoms with Gasteiger partial charge in [0.1, 0.15) is 0 Å². The molecule has 26 heavy (non-hydrogen) atoms. The van der Waals surface area contributed by atoms with Crippen LogP contribution in [0.25, 0.3) is 0 Å². The van der Waals surface area contributed by atoms with Gasteiger partial charge in [0.25, 0.3) is 0 Å². The van der Waals surface area contributed by atoms with Gasteiger partial charge in [-0.25, -0.2) is 22.6 Å². The second-order valence-electron chi connectivity index (χ2n) is 6.95. The topological polar surface area (TPSA) is 103 Å². The number of hydrogen-bond donors (Lipinski definition) is 4. The van der Waals surface area contributed by atoms with E-state index in [1.807, 2.05) is 0 Å². The van der Waals surface area contributed by atoms with Gasteiger partial charge in [-0.3, -0.25) is 4.79 Å². The van der Waals surface area contributed by atoms with Crippen molar-refractivity contribution < 1.29 is 13.2 Å². The Bertz CT molecular complexity index is 627. The van der Waals surface area contributed by atoms with Crippen molar-refractivity contribution in [1.29, 1.82) is 0 Å². The molecule has 1 aliphatic carbocycles. The molecule has 0 aromatic heterocycles. The number of alkyl halides is 1. The summed E-state index contributed by atoms with van der Waals surface area (Å²) in [7, 11) is -3.42. The molecular weight excluding hydrogens is 398 g/mol. The third kappa shape index (κ3) is 4.92. The van der Waals surface area contributed by atoms with Gasteiger partial charge in [0.2, 0.25) is 15.9 Å². The zero-order chi connectivity index (χ0) is 18.7. The van der Waals surface area contributed by atoms with Gasteiger partial charge in [0.15, 0.2) is 0 Å².